The summed E-state index contributed by atoms with van der Waals surface area (Å²) in [5.74, 6) is -0.00174. The molecule has 1 aliphatic heterocycles. The lowest BCUT2D eigenvalue weighted by atomic mass is 10.1. The molecule has 0 aliphatic carbocycles. The van der Waals surface area contributed by atoms with Crippen molar-refractivity contribution in [2.24, 2.45) is 0 Å². The molecule has 1 fully saturated rings. The minimum absolute atomic E-state index is 0.00174. The molecule has 5 heteroatoms. The van der Waals surface area contributed by atoms with Gasteiger partial charge in [-0.3, -0.25) is 4.79 Å². The molecule has 0 saturated carbocycles. The molecule has 5 nitrogen and oxygen atoms in total. The predicted molar refractivity (Wildman–Crippen MR) is 93.8 cm³/mol. The minimum atomic E-state index is -0.130. The standard InChI is InChI=1S/C19H20N3O2/c1-15-7-9-16(10-8-15)18(23)21-11-13-22(14-12-21)19(24)20-17-5-3-2-4-6-17/h2-10H,1,11-14H2,(H,20,24). The van der Waals surface area contributed by atoms with E-state index >= 15 is 0 Å². The Balaban J connectivity index is 1.54. The van der Waals surface area contributed by atoms with Crippen molar-refractivity contribution in [2.75, 3.05) is 31.5 Å². The first-order valence-electron chi connectivity index (χ1n) is 7.96. The average molecular weight is 322 g/mol. The Bertz CT molecular complexity index is 705. The minimum Gasteiger partial charge on any atom is -0.335 e. The van der Waals surface area contributed by atoms with Crippen molar-refractivity contribution in [3.8, 4) is 0 Å². The summed E-state index contributed by atoms with van der Waals surface area (Å²) in [5.41, 5.74) is 2.31. The molecular formula is C19H20N3O2. The van der Waals surface area contributed by atoms with E-state index in [1.807, 2.05) is 42.5 Å². The monoisotopic (exact) mass is 322 g/mol. The van der Waals surface area contributed by atoms with Crippen LogP contribution in [0, 0.1) is 6.92 Å². The van der Waals surface area contributed by atoms with E-state index in [1.54, 1.807) is 21.9 Å². The molecule has 2 aromatic carbocycles. The first-order valence-corrected chi connectivity index (χ1v) is 7.96. The van der Waals surface area contributed by atoms with Gasteiger partial charge in [-0.2, -0.15) is 0 Å². The van der Waals surface area contributed by atoms with Gasteiger partial charge in [-0.05, 0) is 36.8 Å². The first-order chi connectivity index (χ1) is 11.6. The Hall–Kier alpha value is -2.82. The maximum atomic E-state index is 12.5. The lowest BCUT2D eigenvalue weighted by Crippen LogP contribution is -2.51. The van der Waals surface area contributed by atoms with Crippen LogP contribution in [0.15, 0.2) is 54.6 Å². The number of amides is 3. The number of hydrogen-bond donors (Lipinski definition) is 1. The summed E-state index contributed by atoms with van der Waals surface area (Å²) >= 11 is 0. The quantitative estimate of drug-likeness (QED) is 0.924. The number of rotatable bonds is 2. The van der Waals surface area contributed by atoms with E-state index < -0.39 is 0 Å². The van der Waals surface area contributed by atoms with Crippen LogP contribution in [-0.2, 0) is 0 Å². The van der Waals surface area contributed by atoms with Crippen molar-refractivity contribution in [1.82, 2.24) is 9.80 Å². The highest BCUT2D eigenvalue weighted by Gasteiger charge is 2.24. The number of urea groups is 1. The van der Waals surface area contributed by atoms with Gasteiger partial charge in [0.1, 0.15) is 0 Å². The zero-order valence-electron chi connectivity index (χ0n) is 13.4. The predicted octanol–water partition coefficient (Wildman–Crippen LogP) is 2.86. The van der Waals surface area contributed by atoms with Crippen molar-refractivity contribution in [3.05, 3.63) is 72.6 Å². The molecule has 1 N–H and O–H groups in total. The molecule has 3 rings (SSSR count). The second-order valence-corrected chi connectivity index (χ2v) is 5.77. The maximum absolute atomic E-state index is 12.5. The molecule has 1 aliphatic rings. The Morgan fingerprint density at radius 1 is 0.833 bits per heavy atom. The second kappa shape index (κ2) is 7.17. The highest BCUT2D eigenvalue weighted by molar-refractivity contribution is 5.94. The fraction of sp³-hybridized carbons (Fsp3) is 0.211. The van der Waals surface area contributed by atoms with Crippen LogP contribution >= 0.6 is 0 Å². The summed E-state index contributed by atoms with van der Waals surface area (Å²) in [4.78, 5) is 28.2. The number of benzene rings is 2. The summed E-state index contributed by atoms with van der Waals surface area (Å²) < 4.78 is 0. The van der Waals surface area contributed by atoms with Gasteiger partial charge in [-0.1, -0.05) is 30.3 Å². The van der Waals surface area contributed by atoms with E-state index in [2.05, 4.69) is 12.2 Å². The highest BCUT2D eigenvalue weighted by Crippen LogP contribution is 2.12. The zero-order valence-corrected chi connectivity index (χ0v) is 13.4. The lowest BCUT2D eigenvalue weighted by Gasteiger charge is -2.34. The number of hydrogen-bond acceptors (Lipinski definition) is 2. The third-order valence-electron chi connectivity index (χ3n) is 4.08. The molecule has 2 aromatic rings. The number of nitrogens with one attached hydrogen (secondary N) is 1. The fourth-order valence-corrected chi connectivity index (χ4v) is 2.67. The molecule has 1 saturated heterocycles. The van der Waals surface area contributed by atoms with Crippen LogP contribution in [0.2, 0.25) is 0 Å². The summed E-state index contributed by atoms with van der Waals surface area (Å²) in [7, 11) is 0. The third-order valence-corrected chi connectivity index (χ3v) is 4.08. The first kappa shape index (κ1) is 16.1. The molecule has 0 unspecified atom stereocenters. The van der Waals surface area contributed by atoms with E-state index in [1.165, 1.54) is 0 Å². The fourth-order valence-electron chi connectivity index (χ4n) is 2.67. The number of carbonyl (C=O) groups excluding carboxylic acids is 2. The van der Waals surface area contributed by atoms with Gasteiger partial charge in [0.2, 0.25) is 0 Å². The van der Waals surface area contributed by atoms with Crippen molar-refractivity contribution < 1.29 is 9.59 Å². The van der Waals surface area contributed by atoms with Crippen molar-refractivity contribution in [2.45, 2.75) is 0 Å². The topological polar surface area (TPSA) is 52.7 Å². The van der Waals surface area contributed by atoms with Crippen LogP contribution in [0.3, 0.4) is 0 Å². The third kappa shape index (κ3) is 3.74. The summed E-state index contributed by atoms with van der Waals surface area (Å²) in [6.45, 7) is 5.94. The molecule has 0 aromatic heterocycles. The van der Waals surface area contributed by atoms with Crippen LogP contribution in [0.5, 0.6) is 0 Å². The SMILES string of the molecule is [CH2]c1ccc(C(=O)N2CCN(C(=O)Nc3ccccc3)CC2)cc1. The van der Waals surface area contributed by atoms with Crippen molar-refractivity contribution >= 4 is 17.6 Å². The van der Waals surface area contributed by atoms with Crippen LogP contribution in [0.25, 0.3) is 0 Å². The molecule has 1 radical (unpaired) electrons. The van der Waals surface area contributed by atoms with Gasteiger partial charge in [0, 0.05) is 37.4 Å². The van der Waals surface area contributed by atoms with E-state index in [0.29, 0.717) is 31.7 Å². The molecule has 123 valence electrons. The molecule has 0 atom stereocenters. The molecule has 0 bridgehead atoms. The summed E-state index contributed by atoms with van der Waals surface area (Å²) in [6, 6.07) is 16.5. The van der Waals surface area contributed by atoms with Crippen LogP contribution < -0.4 is 5.32 Å². The molecule has 24 heavy (non-hydrogen) atoms. The van der Waals surface area contributed by atoms with E-state index in [4.69, 9.17) is 0 Å². The van der Waals surface area contributed by atoms with Gasteiger partial charge in [-0.25, -0.2) is 4.79 Å². The number of para-hydroxylation sites is 1. The Labute approximate surface area is 141 Å². The van der Waals surface area contributed by atoms with E-state index in [-0.39, 0.29) is 11.9 Å². The number of anilines is 1. The average Bonchev–Trinajstić information content (AvgIpc) is 2.63. The highest BCUT2D eigenvalue weighted by atomic mass is 16.2. The smallest absolute Gasteiger partial charge is 0.321 e. The molecule has 0 spiro atoms. The number of nitrogens with zero attached hydrogens (tertiary/aromatic N) is 2. The Morgan fingerprint density at radius 3 is 2.04 bits per heavy atom. The normalized spacial score (nSPS) is 14.4. The van der Waals surface area contributed by atoms with Gasteiger partial charge in [0.15, 0.2) is 0 Å². The lowest BCUT2D eigenvalue weighted by molar-refractivity contribution is 0.0671. The van der Waals surface area contributed by atoms with Gasteiger partial charge < -0.3 is 15.1 Å². The van der Waals surface area contributed by atoms with Crippen LogP contribution in [0.1, 0.15) is 15.9 Å². The second-order valence-electron chi connectivity index (χ2n) is 5.77. The largest absolute Gasteiger partial charge is 0.335 e. The number of carbonyl (C=O) groups is 2. The Kier molecular flexibility index (Phi) is 4.79. The van der Waals surface area contributed by atoms with E-state index in [0.717, 1.165) is 11.3 Å². The summed E-state index contributed by atoms with van der Waals surface area (Å²) in [6.07, 6.45) is 0. The molecule has 3 amide bonds. The van der Waals surface area contributed by atoms with Gasteiger partial charge in [-0.15, -0.1) is 0 Å². The van der Waals surface area contributed by atoms with Crippen LogP contribution in [0.4, 0.5) is 10.5 Å². The van der Waals surface area contributed by atoms with Crippen LogP contribution in [-0.4, -0.2) is 47.9 Å². The van der Waals surface area contributed by atoms with Crippen molar-refractivity contribution in [3.63, 3.8) is 0 Å². The van der Waals surface area contributed by atoms with Gasteiger partial charge in [0.05, 0.1) is 0 Å². The molecular weight excluding hydrogens is 302 g/mol. The number of piperazine rings is 1. The zero-order chi connectivity index (χ0) is 16.9. The van der Waals surface area contributed by atoms with Gasteiger partial charge >= 0.3 is 6.03 Å². The van der Waals surface area contributed by atoms with Gasteiger partial charge in [0.25, 0.3) is 5.91 Å². The Morgan fingerprint density at radius 2 is 1.42 bits per heavy atom. The molecule has 1 heterocycles. The summed E-state index contributed by atoms with van der Waals surface area (Å²) in [5, 5.41) is 2.87. The van der Waals surface area contributed by atoms with E-state index in [9.17, 15) is 9.59 Å². The maximum Gasteiger partial charge on any atom is 0.321 e. The van der Waals surface area contributed by atoms with Crippen molar-refractivity contribution in [1.29, 1.82) is 0 Å².